The maximum atomic E-state index is 12.3. The average Bonchev–Trinajstić information content (AvgIpc) is 2.90. The van der Waals surface area contributed by atoms with E-state index in [9.17, 15) is 14.4 Å². The van der Waals surface area contributed by atoms with Crippen molar-refractivity contribution in [1.82, 2.24) is 5.01 Å². The number of nitrogens with zero attached hydrogens (tertiary/aromatic N) is 2. The minimum absolute atomic E-state index is 0.294. The van der Waals surface area contributed by atoms with E-state index in [1.165, 1.54) is 0 Å². The summed E-state index contributed by atoms with van der Waals surface area (Å²) in [6.07, 6.45) is 1.01. The highest BCUT2D eigenvalue weighted by Crippen LogP contribution is 2.22. The molecule has 1 heterocycles. The molecule has 0 spiro atoms. The van der Waals surface area contributed by atoms with Gasteiger partial charge in [0.15, 0.2) is 0 Å². The Morgan fingerprint density at radius 2 is 1.40 bits per heavy atom. The van der Waals surface area contributed by atoms with E-state index in [4.69, 9.17) is 0 Å². The van der Waals surface area contributed by atoms with Crippen molar-refractivity contribution in [2.75, 3.05) is 0 Å². The fourth-order valence-corrected chi connectivity index (χ4v) is 2.81. The molecule has 0 fully saturated rings. The van der Waals surface area contributed by atoms with Crippen LogP contribution in [0.2, 0.25) is 0 Å². The van der Waals surface area contributed by atoms with E-state index >= 15 is 0 Å². The third kappa shape index (κ3) is 2.52. The molecule has 2 amide bonds. The van der Waals surface area contributed by atoms with Crippen molar-refractivity contribution in [3.63, 3.8) is 0 Å². The van der Waals surface area contributed by atoms with E-state index in [1.54, 1.807) is 36.4 Å². The van der Waals surface area contributed by atoms with Gasteiger partial charge in [-0.2, -0.15) is 10.1 Å². The summed E-state index contributed by atoms with van der Waals surface area (Å²) < 4.78 is 0. The Bertz CT molecular complexity index is 1030. The number of hydrogen-bond acceptors (Lipinski definition) is 4. The standard InChI is InChI=1S/C20H12N2O3/c23-18(15-10-9-13-5-1-2-6-14(13)11-15)12-21-22-19(24)16-7-3-4-8-17(16)20(22)25/h1-12H/b21-12+. The molecule has 25 heavy (non-hydrogen) atoms. The van der Waals surface area contributed by atoms with Crippen LogP contribution in [0.25, 0.3) is 10.8 Å². The molecule has 120 valence electrons. The van der Waals surface area contributed by atoms with Gasteiger partial charge in [-0.3, -0.25) is 14.4 Å². The molecule has 0 aliphatic carbocycles. The number of hydrazone groups is 1. The predicted octanol–water partition coefficient (Wildman–Crippen LogP) is 3.30. The quantitative estimate of drug-likeness (QED) is 0.421. The van der Waals surface area contributed by atoms with Crippen molar-refractivity contribution >= 4 is 34.6 Å². The van der Waals surface area contributed by atoms with E-state index < -0.39 is 11.8 Å². The second-order valence-electron chi connectivity index (χ2n) is 5.64. The SMILES string of the molecule is O=C(/C=N/N1C(=O)c2ccccc2C1=O)c1ccc2ccccc2c1. The lowest BCUT2D eigenvalue weighted by atomic mass is 10.1. The lowest BCUT2D eigenvalue weighted by Gasteiger charge is -2.05. The first-order valence-electron chi connectivity index (χ1n) is 7.70. The zero-order valence-electron chi connectivity index (χ0n) is 13.0. The van der Waals surface area contributed by atoms with Crippen LogP contribution in [0.3, 0.4) is 0 Å². The van der Waals surface area contributed by atoms with Crippen LogP contribution in [0.15, 0.2) is 71.8 Å². The Kier molecular flexibility index (Phi) is 3.47. The number of carbonyl (C=O) groups is 3. The molecular formula is C20H12N2O3. The molecule has 1 aliphatic heterocycles. The number of amides is 2. The van der Waals surface area contributed by atoms with Crippen molar-refractivity contribution in [2.45, 2.75) is 0 Å². The highest BCUT2D eigenvalue weighted by Gasteiger charge is 2.35. The highest BCUT2D eigenvalue weighted by molar-refractivity contribution is 6.36. The van der Waals surface area contributed by atoms with Gasteiger partial charge in [0.2, 0.25) is 5.78 Å². The van der Waals surface area contributed by atoms with E-state index in [0.29, 0.717) is 16.7 Å². The predicted molar refractivity (Wildman–Crippen MR) is 93.7 cm³/mol. The van der Waals surface area contributed by atoms with Crippen molar-refractivity contribution in [1.29, 1.82) is 0 Å². The number of hydrogen-bond donors (Lipinski definition) is 0. The molecule has 0 N–H and O–H groups in total. The van der Waals surface area contributed by atoms with Crippen LogP contribution in [0.5, 0.6) is 0 Å². The monoisotopic (exact) mass is 328 g/mol. The van der Waals surface area contributed by atoms with Gasteiger partial charge in [0, 0.05) is 5.56 Å². The van der Waals surface area contributed by atoms with Crippen molar-refractivity contribution in [3.8, 4) is 0 Å². The molecule has 4 rings (SSSR count). The molecule has 5 heteroatoms. The molecule has 0 radical (unpaired) electrons. The van der Waals surface area contributed by atoms with Gasteiger partial charge >= 0.3 is 0 Å². The molecule has 5 nitrogen and oxygen atoms in total. The van der Waals surface area contributed by atoms with Crippen LogP contribution in [-0.4, -0.2) is 28.8 Å². The molecule has 0 aromatic heterocycles. The zero-order chi connectivity index (χ0) is 17.4. The number of benzene rings is 3. The third-order valence-corrected chi connectivity index (χ3v) is 4.10. The fraction of sp³-hybridized carbons (Fsp3) is 0. The van der Waals surface area contributed by atoms with Gasteiger partial charge in [-0.25, -0.2) is 0 Å². The molecule has 0 unspecified atom stereocenters. The maximum Gasteiger partial charge on any atom is 0.282 e. The first-order valence-corrected chi connectivity index (χ1v) is 7.70. The number of imide groups is 1. The minimum Gasteiger partial charge on any atom is -0.287 e. The number of fused-ring (bicyclic) bond motifs is 2. The van der Waals surface area contributed by atoms with Crippen molar-refractivity contribution in [2.24, 2.45) is 5.10 Å². The molecule has 0 saturated heterocycles. The van der Waals surface area contributed by atoms with Crippen molar-refractivity contribution < 1.29 is 14.4 Å². The van der Waals surface area contributed by atoms with E-state index in [-0.39, 0.29) is 5.78 Å². The molecule has 1 aliphatic rings. The van der Waals surface area contributed by atoms with Gasteiger partial charge < -0.3 is 0 Å². The molecular weight excluding hydrogens is 316 g/mol. The molecule has 0 atom stereocenters. The summed E-state index contributed by atoms with van der Waals surface area (Å²) in [5, 5.41) is 6.50. The topological polar surface area (TPSA) is 66.8 Å². The summed E-state index contributed by atoms with van der Waals surface area (Å²) in [5.74, 6) is -1.42. The number of Topliss-reactive ketones (excluding diaryl/α,β-unsaturated/α-hetero) is 1. The Labute approximate surface area is 143 Å². The van der Waals surface area contributed by atoms with Gasteiger partial charge in [0.25, 0.3) is 11.8 Å². The van der Waals surface area contributed by atoms with Crippen LogP contribution in [-0.2, 0) is 0 Å². The van der Waals surface area contributed by atoms with Gasteiger partial charge in [0.05, 0.1) is 17.3 Å². The third-order valence-electron chi connectivity index (χ3n) is 4.10. The van der Waals surface area contributed by atoms with Gasteiger partial charge in [0.1, 0.15) is 0 Å². The molecule has 0 bridgehead atoms. The van der Waals surface area contributed by atoms with Crippen LogP contribution < -0.4 is 0 Å². The van der Waals surface area contributed by atoms with E-state index in [0.717, 1.165) is 22.0 Å². The summed E-state index contributed by atoms with van der Waals surface area (Å²) in [6.45, 7) is 0. The van der Waals surface area contributed by atoms with Crippen molar-refractivity contribution in [3.05, 3.63) is 83.4 Å². The van der Waals surface area contributed by atoms with E-state index in [1.807, 2.05) is 30.3 Å². The van der Waals surface area contributed by atoms with Crippen LogP contribution in [0, 0.1) is 0 Å². The van der Waals surface area contributed by atoms with Gasteiger partial charge in [-0.15, -0.1) is 0 Å². The van der Waals surface area contributed by atoms with Crippen LogP contribution >= 0.6 is 0 Å². The zero-order valence-corrected chi connectivity index (χ0v) is 13.0. The Morgan fingerprint density at radius 3 is 2.08 bits per heavy atom. The average molecular weight is 328 g/mol. The second kappa shape index (κ2) is 5.79. The summed E-state index contributed by atoms with van der Waals surface area (Å²) in [5.41, 5.74) is 1.03. The van der Waals surface area contributed by atoms with Gasteiger partial charge in [-0.05, 0) is 29.0 Å². The highest BCUT2D eigenvalue weighted by atomic mass is 16.2. The molecule has 3 aromatic carbocycles. The normalized spacial score (nSPS) is 13.7. The molecule has 3 aromatic rings. The first kappa shape index (κ1) is 15.0. The van der Waals surface area contributed by atoms with E-state index in [2.05, 4.69) is 5.10 Å². The largest absolute Gasteiger partial charge is 0.287 e. The maximum absolute atomic E-state index is 12.3. The van der Waals surface area contributed by atoms with Crippen LogP contribution in [0.4, 0.5) is 0 Å². The smallest absolute Gasteiger partial charge is 0.282 e. The number of ketones is 1. The first-order chi connectivity index (χ1) is 12.1. The second-order valence-corrected chi connectivity index (χ2v) is 5.64. The minimum atomic E-state index is -0.525. The summed E-state index contributed by atoms with van der Waals surface area (Å²) >= 11 is 0. The number of carbonyl (C=O) groups excluding carboxylic acids is 3. The lowest BCUT2D eigenvalue weighted by molar-refractivity contribution is 0.0660. The van der Waals surface area contributed by atoms with Gasteiger partial charge in [-0.1, -0.05) is 48.5 Å². The number of rotatable bonds is 3. The Balaban J connectivity index is 1.60. The Hall–Kier alpha value is -3.60. The summed E-state index contributed by atoms with van der Waals surface area (Å²) in [7, 11) is 0. The lowest BCUT2D eigenvalue weighted by Crippen LogP contribution is -2.24. The summed E-state index contributed by atoms with van der Waals surface area (Å²) in [4.78, 5) is 36.8. The molecule has 0 saturated carbocycles. The summed E-state index contributed by atoms with van der Waals surface area (Å²) in [6, 6.07) is 19.5. The Morgan fingerprint density at radius 1 is 0.800 bits per heavy atom. The van der Waals surface area contributed by atoms with Crippen LogP contribution in [0.1, 0.15) is 31.1 Å². The fourth-order valence-electron chi connectivity index (χ4n) is 2.81.